The van der Waals surface area contributed by atoms with Gasteiger partial charge in [0.25, 0.3) is 0 Å². The van der Waals surface area contributed by atoms with Crippen molar-refractivity contribution in [1.82, 2.24) is 0 Å². The fraction of sp³-hybridized carbons (Fsp3) is 0.625. The van der Waals surface area contributed by atoms with Gasteiger partial charge >= 0.3 is 0 Å². The minimum atomic E-state index is 0.349. The molecule has 2 nitrogen and oxygen atoms in total. The zero-order valence-electron chi connectivity index (χ0n) is 7.12. The third-order valence-electron chi connectivity index (χ3n) is 1.08. The van der Waals surface area contributed by atoms with Gasteiger partial charge in [0.2, 0.25) is 0 Å². The van der Waals surface area contributed by atoms with Crippen LogP contribution in [-0.2, 0) is 0 Å². The Bertz CT molecular complexity index is 141. The molecular formula is C8H15NOS. The molecule has 0 aromatic heterocycles. The van der Waals surface area contributed by atoms with Crippen LogP contribution in [-0.4, -0.2) is 29.5 Å². The molecular weight excluding hydrogens is 158 g/mol. The summed E-state index contributed by atoms with van der Waals surface area (Å²) in [4.78, 5) is 0. The fourth-order valence-corrected chi connectivity index (χ4v) is 1.50. The van der Waals surface area contributed by atoms with E-state index in [1.807, 2.05) is 13.0 Å². The summed E-state index contributed by atoms with van der Waals surface area (Å²) in [5.74, 6) is 2.29. The van der Waals surface area contributed by atoms with Gasteiger partial charge in [-0.05, 0) is 0 Å². The zero-order valence-corrected chi connectivity index (χ0v) is 7.93. The number of hydrogen-bond acceptors (Lipinski definition) is 2. The van der Waals surface area contributed by atoms with Crippen molar-refractivity contribution in [2.75, 3.05) is 18.6 Å². The molecule has 0 rings (SSSR count). The minimum absolute atomic E-state index is 0.349. The number of hydroxylamine groups is 1. The minimum Gasteiger partial charge on any atom is -0.624 e. The molecule has 0 radical (unpaired) electrons. The first-order valence-electron chi connectivity index (χ1n) is 3.60. The van der Waals surface area contributed by atoms with Crippen LogP contribution < -0.4 is 0 Å². The van der Waals surface area contributed by atoms with Gasteiger partial charge in [-0.1, -0.05) is 13.0 Å². The van der Waals surface area contributed by atoms with Crippen LogP contribution in [0.25, 0.3) is 0 Å². The first kappa shape index (κ1) is 10.6. The van der Waals surface area contributed by atoms with Gasteiger partial charge in [-0.25, -0.2) is 4.74 Å². The zero-order chi connectivity index (χ0) is 8.69. The molecule has 0 saturated heterocycles. The van der Waals surface area contributed by atoms with Gasteiger partial charge in [-0.2, -0.15) is 11.8 Å². The first-order valence-corrected chi connectivity index (χ1v) is 4.76. The van der Waals surface area contributed by atoms with Gasteiger partial charge in [0.05, 0.1) is 0 Å². The monoisotopic (exact) mass is 173 g/mol. The number of rotatable bonds is 5. The number of hydrogen-bond donors (Lipinski definition) is 0. The molecule has 1 atom stereocenters. The Morgan fingerprint density at radius 3 is 2.82 bits per heavy atom. The van der Waals surface area contributed by atoms with Crippen molar-refractivity contribution in [3.05, 3.63) is 17.9 Å². The van der Waals surface area contributed by atoms with Crippen LogP contribution in [0, 0.1) is 11.1 Å². The summed E-state index contributed by atoms with van der Waals surface area (Å²) in [6.07, 6.45) is 3.55. The summed E-state index contributed by atoms with van der Waals surface area (Å²) in [6, 6.07) is 0. The Morgan fingerprint density at radius 2 is 2.36 bits per heavy atom. The summed E-state index contributed by atoms with van der Waals surface area (Å²) in [6.45, 7) is 5.65. The summed E-state index contributed by atoms with van der Waals surface area (Å²) in [5.41, 5.74) is 0. The van der Waals surface area contributed by atoms with Crippen LogP contribution in [0.15, 0.2) is 12.7 Å². The standard InChI is InChI=1S/C8H15NOS/c1-4-5-11-7-8(2)6-9(3)10/h4,6,8H,1,5,7H2,2-3H3/b9-6-. The predicted octanol–water partition coefficient (Wildman–Crippen LogP) is 1.75. The van der Waals surface area contributed by atoms with Crippen molar-refractivity contribution in [3.8, 4) is 0 Å². The highest BCUT2D eigenvalue weighted by Gasteiger charge is 2.00. The van der Waals surface area contributed by atoms with E-state index in [0.717, 1.165) is 16.2 Å². The van der Waals surface area contributed by atoms with Gasteiger partial charge in [0, 0.05) is 17.4 Å². The molecule has 0 aliphatic carbocycles. The highest BCUT2D eigenvalue weighted by Crippen LogP contribution is 2.05. The van der Waals surface area contributed by atoms with Crippen LogP contribution in [0.5, 0.6) is 0 Å². The van der Waals surface area contributed by atoms with Crippen LogP contribution in [0.2, 0.25) is 0 Å². The second-order valence-electron chi connectivity index (χ2n) is 2.50. The second kappa shape index (κ2) is 6.28. The molecule has 0 aromatic carbocycles. The molecule has 64 valence electrons. The van der Waals surface area contributed by atoms with Crippen molar-refractivity contribution < 1.29 is 4.74 Å². The molecule has 0 aliphatic heterocycles. The van der Waals surface area contributed by atoms with Crippen molar-refractivity contribution in [2.24, 2.45) is 5.92 Å². The molecule has 0 fully saturated rings. The SMILES string of the molecule is C=CCSCC(C)/C=[N+](/C)[O-]. The molecule has 1 unspecified atom stereocenters. The third kappa shape index (κ3) is 7.46. The maximum atomic E-state index is 10.5. The average Bonchev–Trinajstić information content (AvgIpc) is 1.86. The number of nitrogens with zero attached hydrogens (tertiary/aromatic N) is 1. The van der Waals surface area contributed by atoms with Crippen molar-refractivity contribution in [1.29, 1.82) is 0 Å². The van der Waals surface area contributed by atoms with E-state index in [1.54, 1.807) is 18.0 Å². The summed E-state index contributed by atoms with van der Waals surface area (Å²) >= 11 is 1.79. The van der Waals surface area contributed by atoms with Crippen molar-refractivity contribution in [2.45, 2.75) is 6.92 Å². The smallest absolute Gasteiger partial charge is 0.154 e. The van der Waals surface area contributed by atoms with E-state index in [9.17, 15) is 5.21 Å². The Kier molecular flexibility index (Phi) is 6.03. The van der Waals surface area contributed by atoms with Gasteiger partial charge in [-0.3, -0.25) is 0 Å². The molecule has 0 N–H and O–H groups in total. The van der Waals surface area contributed by atoms with E-state index in [4.69, 9.17) is 0 Å². The highest BCUT2D eigenvalue weighted by molar-refractivity contribution is 7.99. The Hall–Kier alpha value is -0.440. The summed E-state index contributed by atoms with van der Waals surface area (Å²) in [5, 5.41) is 10.5. The second-order valence-corrected chi connectivity index (χ2v) is 3.57. The fourth-order valence-electron chi connectivity index (χ4n) is 0.739. The topological polar surface area (TPSA) is 26.1 Å². The van der Waals surface area contributed by atoms with Crippen LogP contribution in [0.3, 0.4) is 0 Å². The Labute approximate surface area is 72.6 Å². The molecule has 3 heteroatoms. The van der Waals surface area contributed by atoms with E-state index in [2.05, 4.69) is 6.58 Å². The van der Waals surface area contributed by atoms with Gasteiger partial charge < -0.3 is 5.21 Å². The van der Waals surface area contributed by atoms with Gasteiger partial charge in [0.1, 0.15) is 7.05 Å². The average molecular weight is 173 g/mol. The van der Waals surface area contributed by atoms with Crippen LogP contribution in [0.4, 0.5) is 0 Å². The Balaban J connectivity index is 3.44. The largest absolute Gasteiger partial charge is 0.624 e. The molecule has 0 aliphatic rings. The Morgan fingerprint density at radius 1 is 1.73 bits per heavy atom. The lowest BCUT2D eigenvalue weighted by atomic mass is 10.2. The highest BCUT2D eigenvalue weighted by atomic mass is 32.2. The first-order chi connectivity index (χ1) is 5.16. The summed E-state index contributed by atoms with van der Waals surface area (Å²) in [7, 11) is 1.51. The van der Waals surface area contributed by atoms with Crippen molar-refractivity contribution in [3.63, 3.8) is 0 Å². The predicted molar refractivity (Wildman–Crippen MR) is 52.3 cm³/mol. The maximum Gasteiger partial charge on any atom is 0.154 e. The van der Waals surface area contributed by atoms with E-state index in [-0.39, 0.29) is 0 Å². The number of thioether (sulfide) groups is 1. The van der Waals surface area contributed by atoms with E-state index < -0.39 is 0 Å². The molecule has 0 aromatic rings. The van der Waals surface area contributed by atoms with Gasteiger partial charge in [0.15, 0.2) is 6.21 Å². The van der Waals surface area contributed by atoms with Gasteiger partial charge in [-0.15, -0.1) is 6.58 Å². The molecule has 11 heavy (non-hydrogen) atoms. The van der Waals surface area contributed by atoms with Crippen LogP contribution >= 0.6 is 11.8 Å². The lowest BCUT2D eigenvalue weighted by Crippen LogP contribution is -2.08. The molecule has 0 bridgehead atoms. The summed E-state index contributed by atoms with van der Waals surface area (Å²) < 4.78 is 0.860. The van der Waals surface area contributed by atoms with Crippen molar-refractivity contribution >= 4 is 18.0 Å². The van der Waals surface area contributed by atoms with E-state index in [0.29, 0.717) is 5.92 Å². The lowest BCUT2D eigenvalue weighted by molar-refractivity contribution is -0.419. The third-order valence-corrected chi connectivity index (χ3v) is 2.31. The lowest BCUT2D eigenvalue weighted by Gasteiger charge is -2.03. The maximum absolute atomic E-state index is 10.5. The van der Waals surface area contributed by atoms with Crippen LogP contribution in [0.1, 0.15) is 6.92 Å². The molecule has 0 spiro atoms. The molecule has 0 saturated carbocycles. The quantitative estimate of drug-likeness (QED) is 0.158. The van der Waals surface area contributed by atoms with E-state index in [1.165, 1.54) is 7.05 Å². The normalized spacial score (nSPS) is 14.5. The molecule has 0 amide bonds. The molecule has 0 heterocycles. The van der Waals surface area contributed by atoms with E-state index >= 15 is 0 Å².